The Morgan fingerprint density at radius 3 is 2.22 bits per heavy atom. The van der Waals surface area contributed by atoms with E-state index in [0.29, 0.717) is 24.9 Å². The lowest BCUT2D eigenvalue weighted by molar-refractivity contribution is -0.137. The van der Waals surface area contributed by atoms with E-state index in [1.54, 1.807) is 4.90 Å². The van der Waals surface area contributed by atoms with Gasteiger partial charge in [0.15, 0.2) is 6.61 Å². The number of carbonyl (C=O) groups is 2. The number of piperidine rings is 1. The lowest BCUT2D eigenvalue weighted by atomic mass is 9.92. The second-order valence-electron chi connectivity index (χ2n) is 6.94. The maximum Gasteiger partial charge on any atom is 0.338 e. The molecule has 0 N–H and O–H groups in total. The van der Waals surface area contributed by atoms with E-state index in [-0.39, 0.29) is 23.0 Å². The number of carbonyl (C=O) groups excluding carboxylic acids is 2. The van der Waals surface area contributed by atoms with Crippen LogP contribution in [0.2, 0.25) is 0 Å². The molecule has 1 aliphatic rings. The van der Waals surface area contributed by atoms with Crippen LogP contribution in [0.1, 0.15) is 30.6 Å². The average Bonchev–Trinajstić information content (AvgIpc) is 2.64. The van der Waals surface area contributed by atoms with E-state index in [1.807, 2.05) is 0 Å². The van der Waals surface area contributed by atoms with Crippen molar-refractivity contribution in [3.8, 4) is 0 Å². The summed E-state index contributed by atoms with van der Waals surface area (Å²) < 4.78 is 30.1. The Bertz CT molecular complexity index is 768. The van der Waals surface area contributed by atoms with Gasteiger partial charge < -0.3 is 9.64 Å². The molecule has 0 bridgehead atoms. The van der Waals surface area contributed by atoms with Gasteiger partial charge in [0.05, 0.1) is 17.6 Å². The van der Waals surface area contributed by atoms with Crippen LogP contribution < -0.4 is 0 Å². The SMILES string of the molecule is CON(C)S(=O)(=O)c1ccc(C(=O)OCC(=O)N2C[C@@H](C)C[C@H](C)C2)cc1. The van der Waals surface area contributed by atoms with Crippen molar-refractivity contribution < 1.29 is 27.6 Å². The molecule has 1 saturated heterocycles. The van der Waals surface area contributed by atoms with E-state index in [0.717, 1.165) is 10.9 Å². The van der Waals surface area contributed by atoms with E-state index in [9.17, 15) is 18.0 Å². The second kappa shape index (κ2) is 8.81. The molecule has 0 saturated carbocycles. The fourth-order valence-electron chi connectivity index (χ4n) is 3.18. The first-order chi connectivity index (χ1) is 12.6. The number of benzene rings is 1. The molecule has 0 spiro atoms. The molecule has 2 rings (SSSR count). The van der Waals surface area contributed by atoms with Gasteiger partial charge >= 0.3 is 5.97 Å². The zero-order chi connectivity index (χ0) is 20.2. The number of rotatable bonds is 6. The molecule has 0 unspecified atom stereocenters. The highest BCUT2D eigenvalue weighted by Gasteiger charge is 2.26. The molecular weight excluding hydrogens is 372 g/mol. The Labute approximate surface area is 160 Å². The van der Waals surface area contributed by atoms with Crippen molar-refractivity contribution in [2.24, 2.45) is 11.8 Å². The van der Waals surface area contributed by atoms with Gasteiger partial charge in [0.25, 0.3) is 15.9 Å². The van der Waals surface area contributed by atoms with Crippen molar-refractivity contribution in [2.75, 3.05) is 33.9 Å². The average molecular weight is 398 g/mol. The Hall–Kier alpha value is -1.97. The van der Waals surface area contributed by atoms with Gasteiger partial charge in [0.1, 0.15) is 0 Å². The summed E-state index contributed by atoms with van der Waals surface area (Å²) in [6.07, 6.45) is 1.08. The van der Waals surface area contributed by atoms with Crippen LogP contribution in [0.4, 0.5) is 0 Å². The zero-order valence-electron chi connectivity index (χ0n) is 16.0. The molecular formula is C18H26N2O6S. The van der Waals surface area contributed by atoms with E-state index in [1.165, 1.54) is 38.4 Å². The summed E-state index contributed by atoms with van der Waals surface area (Å²) in [7, 11) is -1.27. The molecule has 1 aliphatic heterocycles. The summed E-state index contributed by atoms with van der Waals surface area (Å²) in [6.45, 7) is 5.20. The van der Waals surface area contributed by atoms with Crippen LogP contribution in [0.3, 0.4) is 0 Å². The van der Waals surface area contributed by atoms with Gasteiger partial charge in [-0.1, -0.05) is 18.3 Å². The molecule has 1 heterocycles. The number of hydrogen-bond acceptors (Lipinski definition) is 6. The van der Waals surface area contributed by atoms with Crippen LogP contribution in [0, 0.1) is 11.8 Å². The first-order valence-corrected chi connectivity index (χ1v) is 10.2. The molecule has 1 amide bonds. The second-order valence-corrected chi connectivity index (χ2v) is 8.88. The molecule has 1 fully saturated rings. The lowest BCUT2D eigenvalue weighted by Crippen LogP contribution is -2.44. The molecule has 0 aliphatic carbocycles. The fourth-order valence-corrected chi connectivity index (χ4v) is 4.15. The normalized spacial score (nSPS) is 20.6. The van der Waals surface area contributed by atoms with E-state index in [2.05, 4.69) is 13.8 Å². The molecule has 0 aromatic heterocycles. The van der Waals surface area contributed by atoms with Crippen LogP contribution in [-0.2, 0) is 24.4 Å². The quantitative estimate of drug-likeness (QED) is 0.533. The summed E-state index contributed by atoms with van der Waals surface area (Å²) in [5, 5.41) is 0. The number of hydroxylamine groups is 1. The van der Waals surface area contributed by atoms with Crippen molar-refractivity contribution >= 4 is 21.9 Å². The minimum absolute atomic E-state index is 0.0178. The molecule has 150 valence electrons. The van der Waals surface area contributed by atoms with Gasteiger partial charge in [0.2, 0.25) is 0 Å². The molecule has 0 radical (unpaired) electrons. The minimum Gasteiger partial charge on any atom is -0.452 e. The first kappa shape index (κ1) is 21.3. The van der Waals surface area contributed by atoms with Crippen molar-refractivity contribution in [1.29, 1.82) is 0 Å². The highest BCUT2D eigenvalue weighted by atomic mass is 32.2. The topological polar surface area (TPSA) is 93.2 Å². The summed E-state index contributed by atoms with van der Waals surface area (Å²) in [5.41, 5.74) is 0.169. The Balaban J connectivity index is 1.95. The molecule has 8 nitrogen and oxygen atoms in total. The monoisotopic (exact) mass is 398 g/mol. The molecule has 1 aromatic rings. The lowest BCUT2D eigenvalue weighted by Gasteiger charge is -2.34. The molecule has 2 atom stereocenters. The van der Waals surface area contributed by atoms with Gasteiger partial charge in [-0.25, -0.2) is 13.2 Å². The number of hydrogen-bond donors (Lipinski definition) is 0. The number of sulfonamides is 1. The number of amides is 1. The van der Waals surface area contributed by atoms with E-state index < -0.39 is 16.0 Å². The highest BCUT2D eigenvalue weighted by Crippen LogP contribution is 2.21. The summed E-state index contributed by atoms with van der Waals surface area (Å²) >= 11 is 0. The van der Waals surface area contributed by atoms with Crippen LogP contribution in [-0.4, -0.2) is 63.5 Å². The summed E-state index contributed by atoms with van der Waals surface area (Å²) in [4.78, 5) is 30.8. The Morgan fingerprint density at radius 2 is 1.70 bits per heavy atom. The number of ether oxygens (including phenoxy) is 1. The van der Waals surface area contributed by atoms with E-state index in [4.69, 9.17) is 9.57 Å². The third kappa shape index (κ3) is 5.27. The Kier molecular flexibility index (Phi) is 6.96. The van der Waals surface area contributed by atoms with Gasteiger partial charge in [-0.3, -0.25) is 9.63 Å². The smallest absolute Gasteiger partial charge is 0.338 e. The van der Waals surface area contributed by atoms with E-state index >= 15 is 0 Å². The van der Waals surface area contributed by atoms with Crippen molar-refractivity contribution in [3.05, 3.63) is 29.8 Å². The highest BCUT2D eigenvalue weighted by molar-refractivity contribution is 7.89. The largest absolute Gasteiger partial charge is 0.452 e. The first-order valence-electron chi connectivity index (χ1n) is 8.73. The van der Waals surface area contributed by atoms with Gasteiger partial charge in [-0.05, 0) is 42.5 Å². The minimum atomic E-state index is -3.78. The van der Waals surface area contributed by atoms with Crippen molar-refractivity contribution in [3.63, 3.8) is 0 Å². The third-order valence-electron chi connectivity index (χ3n) is 4.53. The number of nitrogens with zero attached hydrogens (tertiary/aromatic N) is 2. The van der Waals surface area contributed by atoms with Gasteiger partial charge in [0, 0.05) is 20.1 Å². The van der Waals surface area contributed by atoms with Crippen LogP contribution >= 0.6 is 0 Å². The maximum absolute atomic E-state index is 12.3. The third-order valence-corrected chi connectivity index (χ3v) is 6.23. The standard InChI is InChI=1S/C18H26N2O6S/c1-13-9-14(2)11-20(10-13)17(21)12-26-18(22)15-5-7-16(8-6-15)27(23,24)19(3)25-4/h5-8,13-14H,9-12H2,1-4H3/t13-,14-/m0/s1. The summed E-state index contributed by atoms with van der Waals surface area (Å²) in [5.74, 6) is -0.0468. The number of likely N-dealkylation sites (tertiary alicyclic amines) is 1. The van der Waals surface area contributed by atoms with Crippen LogP contribution in [0.5, 0.6) is 0 Å². The predicted molar refractivity (Wildman–Crippen MR) is 98.2 cm³/mol. The number of esters is 1. The maximum atomic E-state index is 12.3. The summed E-state index contributed by atoms with van der Waals surface area (Å²) in [6, 6.07) is 5.26. The molecule has 9 heteroatoms. The van der Waals surface area contributed by atoms with Crippen molar-refractivity contribution in [1.82, 2.24) is 9.37 Å². The molecule has 27 heavy (non-hydrogen) atoms. The van der Waals surface area contributed by atoms with Crippen molar-refractivity contribution in [2.45, 2.75) is 25.2 Å². The Morgan fingerprint density at radius 1 is 1.15 bits per heavy atom. The molecule has 1 aromatic carbocycles. The fraction of sp³-hybridized carbons (Fsp3) is 0.556. The van der Waals surface area contributed by atoms with Crippen LogP contribution in [0.15, 0.2) is 29.2 Å². The van der Waals surface area contributed by atoms with Crippen LogP contribution in [0.25, 0.3) is 0 Å². The van der Waals surface area contributed by atoms with Gasteiger partial charge in [-0.15, -0.1) is 0 Å². The predicted octanol–water partition coefficient (Wildman–Crippen LogP) is 1.53. The van der Waals surface area contributed by atoms with Gasteiger partial charge in [-0.2, -0.15) is 0 Å². The zero-order valence-corrected chi connectivity index (χ0v) is 16.9.